The Morgan fingerprint density at radius 2 is 2.50 bits per heavy atom. The van der Waals surface area contributed by atoms with E-state index >= 15 is 0 Å². The number of nitrogens with zero attached hydrogens (tertiary/aromatic N) is 1. The van der Waals surface area contributed by atoms with Gasteiger partial charge in [0, 0.05) is 11.9 Å². The summed E-state index contributed by atoms with van der Waals surface area (Å²) in [4.78, 5) is 0. The van der Waals surface area contributed by atoms with Crippen molar-refractivity contribution in [1.29, 1.82) is 0 Å². The fraction of sp³-hybridized carbons (Fsp3) is 0.143. The lowest BCUT2D eigenvalue weighted by Crippen LogP contribution is -2.07. The van der Waals surface area contributed by atoms with Crippen LogP contribution in [-0.4, -0.2) is 6.54 Å². The van der Waals surface area contributed by atoms with Crippen LogP contribution in [0.4, 0.5) is 5.69 Å². The molecule has 0 saturated carbocycles. The highest BCUT2D eigenvalue weighted by Crippen LogP contribution is 2.28. The molecule has 1 aliphatic heterocycles. The Hall–Kier alpha value is -0.410. The van der Waals surface area contributed by atoms with Crippen LogP contribution >= 0.6 is 23.3 Å². The Morgan fingerprint density at radius 3 is 3.10 bits per heavy atom. The topological polar surface area (TPSA) is 3.24 Å². The van der Waals surface area contributed by atoms with Gasteiger partial charge in [0.05, 0.1) is 5.69 Å². The number of thiophene rings is 1. The summed E-state index contributed by atoms with van der Waals surface area (Å²) in [6, 6.07) is 2.14. The molecule has 1 aliphatic rings. The Kier molecular flexibility index (Phi) is 1.69. The summed E-state index contributed by atoms with van der Waals surface area (Å²) in [7, 11) is 0. The van der Waals surface area contributed by atoms with Crippen molar-refractivity contribution in [1.82, 2.24) is 0 Å². The minimum atomic E-state index is 1.04. The Balaban J connectivity index is 2.14. The van der Waals surface area contributed by atoms with E-state index in [2.05, 4.69) is 32.6 Å². The maximum absolute atomic E-state index is 2.26. The van der Waals surface area contributed by atoms with Crippen LogP contribution in [-0.2, 0) is 0 Å². The fourth-order valence-corrected chi connectivity index (χ4v) is 2.30. The van der Waals surface area contributed by atoms with E-state index in [1.807, 2.05) is 0 Å². The smallest absolute Gasteiger partial charge is 0.0583 e. The zero-order valence-corrected chi connectivity index (χ0v) is 6.99. The lowest BCUT2D eigenvalue weighted by atomic mass is 10.5. The molecule has 0 N–H and O–H groups in total. The largest absolute Gasteiger partial charge is 0.308 e. The van der Waals surface area contributed by atoms with E-state index in [9.17, 15) is 0 Å². The number of hydrogen-bond donors (Lipinski definition) is 0. The van der Waals surface area contributed by atoms with Gasteiger partial charge in [-0.1, -0.05) is 6.08 Å². The van der Waals surface area contributed by atoms with Gasteiger partial charge in [-0.2, -0.15) is 11.3 Å². The predicted molar refractivity (Wildman–Crippen MR) is 48.4 cm³/mol. The maximum Gasteiger partial charge on any atom is 0.0583 e. The van der Waals surface area contributed by atoms with Gasteiger partial charge in [0.15, 0.2) is 0 Å². The normalized spacial score (nSPS) is 16.6. The molecule has 0 bridgehead atoms. The Morgan fingerprint density at radius 1 is 1.50 bits per heavy atom. The molecular formula is C7H7NS2. The van der Waals surface area contributed by atoms with Crippen LogP contribution in [0, 0.1) is 0 Å². The van der Waals surface area contributed by atoms with Crippen molar-refractivity contribution in [3.05, 3.63) is 28.3 Å². The first-order valence-electron chi connectivity index (χ1n) is 3.08. The van der Waals surface area contributed by atoms with Gasteiger partial charge in [-0.05, 0) is 28.8 Å². The van der Waals surface area contributed by atoms with Gasteiger partial charge in [-0.25, -0.2) is 0 Å². The van der Waals surface area contributed by atoms with Crippen LogP contribution in [0.25, 0.3) is 0 Å². The third-order valence-electron chi connectivity index (χ3n) is 1.35. The summed E-state index contributed by atoms with van der Waals surface area (Å²) in [5.41, 5.74) is 1.32. The highest BCUT2D eigenvalue weighted by atomic mass is 32.2. The van der Waals surface area contributed by atoms with Crippen molar-refractivity contribution in [2.24, 2.45) is 0 Å². The molecule has 2 rings (SSSR count). The molecule has 0 unspecified atom stereocenters. The molecule has 52 valence electrons. The molecule has 0 fully saturated rings. The van der Waals surface area contributed by atoms with Crippen LogP contribution in [0.2, 0.25) is 0 Å². The molecule has 1 aromatic rings. The van der Waals surface area contributed by atoms with E-state index in [-0.39, 0.29) is 0 Å². The average Bonchev–Trinajstić information content (AvgIpc) is 2.59. The molecular weight excluding hydrogens is 162 g/mol. The Labute approximate surface area is 68.5 Å². The van der Waals surface area contributed by atoms with E-state index < -0.39 is 0 Å². The number of anilines is 1. The first-order valence-corrected chi connectivity index (χ1v) is 4.86. The second kappa shape index (κ2) is 2.68. The van der Waals surface area contributed by atoms with Crippen molar-refractivity contribution in [2.45, 2.75) is 0 Å². The second-order valence-electron chi connectivity index (χ2n) is 2.02. The third-order valence-corrected chi connectivity index (χ3v) is 2.95. The van der Waals surface area contributed by atoms with Crippen molar-refractivity contribution in [3.63, 3.8) is 0 Å². The molecule has 0 saturated heterocycles. The maximum atomic E-state index is 2.26. The monoisotopic (exact) mass is 169 g/mol. The minimum Gasteiger partial charge on any atom is -0.308 e. The highest BCUT2D eigenvalue weighted by molar-refractivity contribution is 8.03. The van der Waals surface area contributed by atoms with Crippen LogP contribution in [0.1, 0.15) is 0 Å². The predicted octanol–water partition coefficient (Wildman–Crippen LogP) is 2.73. The summed E-state index contributed by atoms with van der Waals surface area (Å²) in [6.45, 7) is 1.04. The molecule has 0 amide bonds. The van der Waals surface area contributed by atoms with Gasteiger partial charge in [0.2, 0.25) is 0 Å². The summed E-state index contributed by atoms with van der Waals surface area (Å²) in [5, 5.41) is 6.39. The van der Waals surface area contributed by atoms with Gasteiger partial charge in [-0.3, -0.25) is 0 Å². The molecule has 3 heteroatoms. The standard InChI is InChI=1S/C7H7NS2/c1-3-8(10-4-1)7-2-5-9-6-7/h1-2,4-6H,3H2. The molecule has 1 nitrogen and oxygen atoms in total. The lowest BCUT2D eigenvalue weighted by Gasteiger charge is -2.12. The van der Waals surface area contributed by atoms with Crippen molar-refractivity contribution in [3.8, 4) is 0 Å². The molecule has 0 aromatic carbocycles. The number of rotatable bonds is 1. The van der Waals surface area contributed by atoms with E-state index in [1.54, 1.807) is 23.3 Å². The van der Waals surface area contributed by atoms with E-state index in [0.717, 1.165) is 6.54 Å². The summed E-state index contributed by atoms with van der Waals surface area (Å²) in [5.74, 6) is 0. The van der Waals surface area contributed by atoms with Gasteiger partial charge >= 0.3 is 0 Å². The molecule has 0 radical (unpaired) electrons. The molecule has 0 atom stereocenters. The van der Waals surface area contributed by atoms with Crippen molar-refractivity contribution < 1.29 is 0 Å². The van der Waals surface area contributed by atoms with E-state index in [1.165, 1.54) is 5.69 Å². The summed E-state index contributed by atoms with van der Waals surface area (Å²) >= 11 is 3.50. The van der Waals surface area contributed by atoms with Crippen LogP contribution < -0.4 is 4.31 Å². The molecule has 1 aromatic heterocycles. The summed E-state index contributed by atoms with van der Waals surface area (Å²) < 4.78 is 2.26. The van der Waals surface area contributed by atoms with Gasteiger partial charge in [0.1, 0.15) is 0 Å². The highest BCUT2D eigenvalue weighted by Gasteiger charge is 2.07. The van der Waals surface area contributed by atoms with Gasteiger partial charge < -0.3 is 4.31 Å². The fourth-order valence-electron chi connectivity index (χ4n) is 0.864. The van der Waals surface area contributed by atoms with Crippen LogP contribution in [0.15, 0.2) is 28.3 Å². The summed E-state index contributed by atoms with van der Waals surface area (Å²) in [6.07, 6.45) is 2.17. The van der Waals surface area contributed by atoms with Crippen LogP contribution in [0.3, 0.4) is 0 Å². The van der Waals surface area contributed by atoms with Crippen molar-refractivity contribution in [2.75, 3.05) is 10.8 Å². The Bertz CT molecular complexity index is 220. The molecule has 0 aliphatic carbocycles. The zero-order valence-electron chi connectivity index (χ0n) is 5.36. The third kappa shape index (κ3) is 1.07. The van der Waals surface area contributed by atoms with Crippen LogP contribution in [0.5, 0.6) is 0 Å². The lowest BCUT2D eigenvalue weighted by molar-refractivity contribution is 1.25. The number of hydrogen-bond acceptors (Lipinski definition) is 3. The van der Waals surface area contributed by atoms with E-state index in [0.29, 0.717) is 0 Å². The molecule has 2 heterocycles. The van der Waals surface area contributed by atoms with Gasteiger partial charge in [0.25, 0.3) is 0 Å². The molecule has 0 spiro atoms. The first kappa shape index (κ1) is 6.31. The second-order valence-corrected chi connectivity index (χ2v) is 3.72. The quantitative estimate of drug-likeness (QED) is 0.595. The molecule has 10 heavy (non-hydrogen) atoms. The van der Waals surface area contributed by atoms with Gasteiger partial charge in [-0.15, -0.1) is 0 Å². The average molecular weight is 169 g/mol. The van der Waals surface area contributed by atoms with E-state index in [4.69, 9.17) is 0 Å². The zero-order chi connectivity index (χ0) is 6.81. The SMILES string of the molecule is C1=CSN(c2ccsc2)C1. The van der Waals surface area contributed by atoms with Crippen molar-refractivity contribution >= 4 is 29.0 Å². The first-order chi connectivity index (χ1) is 4.97. The minimum absolute atomic E-state index is 1.04.